The zero-order chi connectivity index (χ0) is 19.2. The minimum absolute atomic E-state index is 0.0705. The predicted molar refractivity (Wildman–Crippen MR) is 103 cm³/mol. The second-order valence-corrected chi connectivity index (χ2v) is 8.22. The Balaban J connectivity index is 1.63. The molecule has 3 heterocycles. The molecule has 0 N–H and O–H groups in total. The van der Waals surface area contributed by atoms with Crippen LogP contribution in [0.25, 0.3) is 0 Å². The van der Waals surface area contributed by atoms with Gasteiger partial charge in [-0.05, 0) is 64.3 Å². The van der Waals surface area contributed by atoms with E-state index in [0.29, 0.717) is 5.56 Å². The Hall–Kier alpha value is -2.37. The van der Waals surface area contributed by atoms with Gasteiger partial charge in [0, 0.05) is 30.5 Å². The number of rotatable bonds is 3. The fraction of sp³-hybridized carbons (Fsp3) is 0.524. The maximum atomic E-state index is 13.4. The molecular formula is C21H27FN4O. The van der Waals surface area contributed by atoms with Crippen molar-refractivity contribution < 1.29 is 9.18 Å². The molecule has 2 atom stereocenters. The molecule has 0 aliphatic carbocycles. The van der Waals surface area contributed by atoms with Gasteiger partial charge in [0.2, 0.25) is 0 Å². The fourth-order valence-electron chi connectivity index (χ4n) is 4.85. The first-order valence-electron chi connectivity index (χ1n) is 9.79. The molecule has 2 aliphatic rings. The third kappa shape index (κ3) is 3.11. The lowest BCUT2D eigenvalue weighted by atomic mass is 9.93. The average Bonchev–Trinajstić information content (AvgIpc) is 3.23. The van der Waals surface area contributed by atoms with Crippen LogP contribution in [0.3, 0.4) is 0 Å². The number of piperidine rings is 1. The molecule has 1 amide bonds. The van der Waals surface area contributed by atoms with Crippen molar-refractivity contribution in [1.82, 2.24) is 14.7 Å². The minimum Gasteiger partial charge on any atom is -0.361 e. The van der Waals surface area contributed by atoms with Crippen molar-refractivity contribution in [2.24, 2.45) is 0 Å². The number of likely N-dealkylation sites (tertiary alicyclic amines) is 1. The highest BCUT2D eigenvalue weighted by Gasteiger charge is 2.50. The van der Waals surface area contributed by atoms with Crippen LogP contribution in [-0.4, -0.2) is 44.8 Å². The predicted octanol–water partition coefficient (Wildman–Crippen LogP) is 3.70. The largest absolute Gasteiger partial charge is 0.361 e. The zero-order valence-electron chi connectivity index (χ0n) is 16.2. The van der Waals surface area contributed by atoms with Crippen molar-refractivity contribution in [2.45, 2.75) is 64.2 Å². The molecule has 1 aromatic heterocycles. The van der Waals surface area contributed by atoms with Gasteiger partial charge in [0.25, 0.3) is 5.91 Å². The van der Waals surface area contributed by atoms with Gasteiger partial charge in [0.05, 0.1) is 23.8 Å². The van der Waals surface area contributed by atoms with Gasteiger partial charge in [-0.3, -0.25) is 9.48 Å². The topological polar surface area (TPSA) is 41.4 Å². The summed E-state index contributed by atoms with van der Waals surface area (Å²) in [6, 6.07) is 7.16. The van der Waals surface area contributed by atoms with Crippen molar-refractivity contribution in [1.29, 1.82) is 0 Å². The van der Waals surface area contributed by atoms with Crippen LogP contribution in [0.5, 0.6) is 0 Å². The van der Waals surface area contributed by atoms with Crippen molar-refractivity contribution >= 4 is 11.6 Å². The quantitative estimate of drug-likeness (QED) is 0.827. The number of hydrogen-bond acceptors (Lipinski definition) is 3. The van der Waals surface area contributed by atoms with E-state index in [0.717, 1.165) is 38.0 Å². The number of aryl methyl sites for hydroxylation is 1. The second kappa shape index (κ2) is 6.66. The van der Waals surface area contributed by atoms with E-state index in [1.54, 1.807) is 10.9 Å². The Morgan fingerprint density at radius 1 is 1.26 bits per heavy atom. The van der Waals surface area contributed by atoms with Crippen LogP contribution >= 0.6 is 0 Å². The second-order valence-electron chi connectivity index (χ2n) is 8.22. The van der Waals surface area contributed by atoms with Gasteiger partial charge in [0.15, 0.2) is 0 Å². The number of benzene rings is 1. The van der Waals surface area contributed by atoms with E-state index in [1.807, 2.05) is 30.2 Å². The minimum atomic E-state index is -0.222. The van der Waals surface area contributed by atoms with E-state index < -0.39 is 0 Å². The first-order valence-corrected chi connectivity index (χ1v) is 9.79. The van der Waals surface area contributed by atoms with Crippen molar-refractivity contribution in [3.8, 4) is 0 Å². The maximum Gasteiger partial charge on any atom is 0.257 e. The van der Waals surface area contributed by atoms with Crippen LogP contribution < -0.4 is 4.90 Å². The summed E-state index contributed by atoms with van der Waals surface area (Å²) in [7, 11) is 0. The third-order valence-corrected chi connectivity index (χ3v) is 6.01. The monoisotopic (exact) mass is 370 g/mol. The highest BCUT2D eigenvalue weighted by atomic mass is 19.1. The molecule has 144 valence electrons. The lowest BCUT2D eigenvalue weighted by molar-refractivity contribution is 0.0605. The van der Waals surface area contributed by atoms with Gasteiger partial charge in [0.1, 0.15) is 5.82 Å². The van der Waals surface area contributed by atoms with Gasteiger partial charge >= 0.3 is 0 Å². The number of hydrogen-bond donors (Lipinski definition) is 0. The zero-order valence-corrected chi connectivity index (χ0v) is 16.2. The van der Waals surface area contributed by atoms with Gasteiger partial charge in [-0.1, -0.05) is 0 Å². The number of aromatic nitrogens is 2. The summed E-state index contributed by atoms with van der Waals surface area (Å²) in [5, 5.41) is 4.26. The molecule has 0 spiro atoms. The summed E-state index contributed by atoms with van der Waals surface area (Å²) in [4.78, 5) is 17.6. The molecule has 2 fully saturated rings. The molecule has 1 aromatic carbocycles. The molecule has 0 unspecified atom stereocenters. The lowest BCUT2D eigenvalue weighted by Gasteiger charge is -2.42. The number of amides is 1. The Labute approximate surface area is 159 Å². The summed E-state index contributed by atoms with van der Waals surface area (Å²) in [6.07, 6.45) is 6.44. The summed E-state index contributed by atoms with van der Waals surface area (Å²) < 4.78 is 15.2. The molecule has 2 aromatic rings. The number of nitrogens with zero attached hydrogens (tertiary/aromatic N) is 4. The standard InChI is InChI=1S/C21H27FN4O/c1-4-24-14-15(13-23-24)20(27)25-11-5-6-18-19(25)12-21(2,3)26(18)17-9-7-16(22)8-10-17/h7-10,13-14,18-19H,4-6,11-12H2,1-3H3/t18-,19-/m0/s1. The van der Waals surface area contributed by atoms with Crippen LogP contribution in [-0.2, 0) is 6.54 Å². The van der Waals surface area contributed by atoms with Crippen molar-refractivity contribution in [2.75, 3.05) is 11.4 Å². The Kier molecular flexibility index (Phi) is 4.44. The fourth-order valence-corrected chi connectivity index (χ4v) is 4.85. The van der Waals surface area contributed by atoms with Crippen LogP contribution in [0.1, 0.15) is 50.4 Å². The number of carbonyl (C=O) groups excluding carboxylic acids is 1. The first-order chi connectivity index (χ1) is 12.9. The average molecular weight is 370 g/mol. The lowest BCUT2D eigenvalue weighted by Crippen LogP contribution is -2.52. The van der Waals surface area contributed by atoms with Crippen LogP contribution in [0.15, 0.2) is 36.7 Å². The van der Waals surface area contributed by atoms with Gasteiger partial charge in [-0.15, -0.1) is 0 Å². The molecule has 5 nitrogen and oxygen atoms in total. The number of fused-ring (bicyclic) bond motifs is 1. The summed E-state index contributed by atoms with van der Waals surface area (Å²) in [6.45, 7) is 7.98. The number of halogens is 1. The van der Waals surface area contributed by atoms with Crippen LogP contribution in [0, 0.1) is 5.82 Å². The SMILES string of the molecule is CCn1cc(C(=O)N2CCC[C@H]3[C@@H]2CC(C)(C)N3c2ccc(F)cc2)cn1. The van der Waals surface area contributed by atoms with E-state index in [2.05, 4.69) is 23.8 Å². The van der Waals surface area contributed by atoms with Crippen molar-refractivity contribution in [3.63, 3.8) is 0 Å². The van der Waals surface area contributed by atoms with E-state index in [4.69, 9.17) is 0 Å². The smallest absolute Gasteiger partial charge is 0.257 e. The van der Waals surface area contributed by atoms with E-state index in [-0.39, 0.29) is 29.3 Å². The molecule has 2 aliphatic heterocycles. The summed E-state index contributed by atoms with van der Waals surface area (Å²) in [5.74, 6) is -0.151. The Bertz CT molecular complexity index is 829. The third-order valence-electron chi connectivity index (χ3n) is 6.01. The molecule has 0 bridgehead atoms. The molecule has 4 rings (SSSR count). The van der Waals surface area contributed by atoms with Gasteiger partial charge in [-0.25, -0.2) is 4.39 Å². The van der Waals surface area contributed by atoms with E-state index in [9.17, 15) is 9.18 Å². The number of carbonyl (C=O) groups is 1. The van der Waals surface area contributed by atoms with Crippen LogP contribution in [0.2, 0.25) is 0 Å². The van der Waals surface area contributed by atoms with Gasteiger partial charge < -0.3 is 9.80 Å². The number of anilines is 1. The normalized spacial score (nSPS) is 24.1. The highest BCUT2D eigenvalue weighted by Crippen LogP contribution is 2.44. The summed E-state index contributed by atoms with van der Waals surface area (Å²) >= 11 is 0. The Morgan fingerprint density at radius 2 is 2.00 bits per heavy atom. The van der Waals surface area contributed by atoms with Crippen LogP contribution in [0.4, 0.5) is 10.1 Å². The van der Waals surface area contributed by atoms with Crippen molar-refractivity contribution in [3.05, 3.63) is 48.0 Å². The highest BCUT2D eigenvalue weighted by molar-refractivity contribution is 5.94. The Morgan fingerprint density at radius 3 is 2.67 bits per heavy atom. The molecule has 6 heteroatoms. The first kappa shape index (κ1) is 18.0. The van der Waals surface area contributed by atoms with E-state index in [1.165, 1.54) is 12.1 Å². The summed E-state index contributed by atoms with van der Waals surface area (Å²) in [5.41, 5.74) is 1.60. The molecule has 0 radical (unpaired) electrons. The molecular weight excluding hydrogens is 343 g/mol. The molecule has 27 heavy (non-hydrogen) atoms. The maximum absolute atomic E-state index is 13.4. The molecule has 0 saturated carbocycles. The van der Waals surface area contributed by atoms with Gasteiger partial charge in [-0.2, -0.15) is 5.10 Å². The molecule has 2 saturated heterocycles. The van der Waals surface area contributed by atoms with E-state index >= 15 is 0 Å².